The van der Waals surface area contributed by atoms with Gasteiger partial charge in [-0.2, -0.15) is 0 Å². The predicted octanol–water partition coefficient (Wildman–Crippen LogP) is 0.222. The number of hydrogen-bond acceptors (Lipinski definition) is 3. The molecule has 0 aromatic rings. The highest BCUT2D eigenvalue weighted by atomic mass is 16.7. The summed E-state index contributed by atoms with van der Waals surface area (Å²) < 4.78 is 10.0. The highest BCUT2D eigenvalue weighted by molar-refractivity contribution is 5.67. The molecule has 4 heteroatoms. The molecule has 0 aromatic heterocycles. The zero-order chi connectivity index (χ0) is 7.56. The molecule has 0 bridgehead atoms. The normalized spacial score (nSPS) is 32.5. The zero-order valence-electron chi connectivity index (χ0n) is 5.74. The van der Waals surface area contributed by atoms with Crippen LogP contribution in [0.4, 0.5) is 0 Å². The number of carbonyl (C=O) groups is 1. The molecule has 0 aromatic carbocycles. The molecule has 0 spiro atoms. The lowest BCUT2D eigenvalue weighted by Gasteiger charge is -2.03. The smallest absolute Gasteiger partial charge is 0.306 e. The summed E-state index contributed by atoms with van der Waals surface area (Å²) in [6, 6.07) is 0. The Morgan fingerprint density at radius 3 is 2.90 bits per heavy atom. The molecule has 1 saturated heterocycles. The summed E-state index contributed by atoms with van der Waals surface area (Å²) >= 11 is 0. The van der Waals surface area contributed by atoms with Gasteiger partial charge in [-0.25, -0.2) is 0 Å². The molecule has 2 unspecified atom stereocenters. The lowest BCUT2D eigenvalue weighted by molar-refractivity contribution is -0.139. The lowest BCUT2D eigenvalue weighted by Crippen LogP contribution is -2.15. The van der Waals surface area contributed by atoms with Gasteiger partial charge in [-0.3, -0.25) is 4.79 Å². The first-order valence-electron chi connectivity index (χ1n) is 3.17. The fourth-order valence-electron chi connectivity index (χ4n) is 0.894. The number of ether oxygens (including phenoxy) is 2. The molecule has 1 N–H and O–H groups in total. The van der Waals surface area contributed by atoms with Crippen molar-refractivity contribution in [1.29, 1.82) is 0 Å². The van der Waals surface area contributed by atoms with Crippen LogP contribution in [-0.2, 0) is 14.3 Å². The Morgan fingerprint density at radius 2 is 2.50 bits per heavy atom. The molecule has 0 amide bonds. The van der Waals surface area contributed by atoms with Gasteiger partial charge < -0.3 is 14.6 Å². The second-order valence-electron chi connectivity index (χ2n) is 2.26. The zero-order valence-corrected chi connectivity index (χ0v) is 5.74. The maximum Gasteiger partial charge on any atom is 0.306 e. The van der Waals surface area contributed by atoms with Crippen molar-refractivity contribution in [3.05, 3.63) is 0 Å². The standard InChI is InChI=1S/C6H10O4/c1-4-9-3-5(10-4)2-6(7)8/h4-5H,2-3H2,1H3,(H,7,8). The van der Waals surface area contributed by atoms with E-state index >= 15 is 0 Å². The molecule has 1 rings (SSSR count). The van der Waals surface area contributed by atoms with Crippen LogP contribution < -0.4 is 0 Å². The topological polar surface area (TPSA) is 55.8 Å². The van der Waals surface area contributed by atoms with Gasteiger partial charge in [0.2, 0.25) is 0 Å². The van der Waals surface area contributed by atoms with Crippen molar-refractivity contribution >= 4 is 5.97 Å². The van der Waals surface area contributed by atoms with Crippen LogP contribution in [0.1, 0.15) is 13.3 Å². The number of aliphatic carboxylic acids is 1. The Kier molecular flexibility index (Phi) is 2.24. The third-order valence-corrected chi connectivity index (χ3v) is 1.30. The quantitative estimate of drug-likeness (QED) is 0.605. The Morgan fingerprint density at radius 1 is 1.80 bits per heavy atom. The van der Waals surface area contributed by atoms with Crippen LogP contribution in [0.25, 0.3) is 0 Å². The van der Waals surface area contributed by atoms with Gasteiger partial charge in [-0.15, -0.1) is 0 Å². The Hall–Kier alpha value is -0.610. The number of carboxylic acids is 1. The molecule has 0 aliphatic carbocycles. The third-order valence-electron chi connectivity index (χ3n) is 1.30. The number of carboxylic acid groups (broad SMARTS) is 1. The first-order chi connectivity index (χ1) is 4.68. The summed E-state index contributed by atoms with van der Waals surface area (Å²) in [4.78, 5) is 10.1. The summed E-state index contributed by atoms with van der Waals surface area (Å²) in [6.07, 6.45) is -0.471. The van der Waals surface area contributed by atoms with Gasteiger partial charge in [-0.05, 0) is 6.92 Å². The van der Waals surface area contributed by atoms with Crippen molar-refractivity contribution in [2.75, 3.05) is 6.61 Å². The van der Waals surface area contributed by atoms with Crippen LogP contribution in [0.15, 0.2) is 0 Å². The fraction of sp³-hybridized carbons (Fsp3) is 0.833. The average molecular weight is 146 g/mol. The molecule has 2 atom stereocenters. The van der Waals surface area contributed by atoms with E-state index in [1.54, 1.807) is 6.92 Å². The van der Waals surface area contributed by atoms with Crippen molar-refractivity contribution in [2.24, 2.45) is 0 Å². The summed E-state index contributed by atoms with van der Waals surface area (Å²) in [5, 5.41) is 8.32. The van der Waals surface area contributed by atoms with Crippen molar-refractivity contribution < 1.29 is 19.4 Å². The van der Waals surface area contributed by atoms with E-state index in [4.69, 9.17) is 14.6 Å². The lowest BCUT2D eigenvalue weighted by atomic mass is 10.3. The molecule has 1 fully saturated rings. The van der Waals surface area contributed by atoms with Crippen LogP contribution in [0.3, 0.4) is 0 Å². The van der Waals surface area contributed by atoms with Gasteiger partial charge in [0.15, 0.2) is 6.29 Å². The Bertz CT molecular complexity index is 134. The van der Waals surface area contributed by atoms with E-state index in [1.165, 1.54) is 0 Å². The van der Waals surface area contributed by atoms with Gasteiger partial charge >= 0.3 is 5.97 Å². The second kappa shape index (κ2) is 2.98. The average Bonchev–Trinajstić information content (AvgIpc) is 2.13. The largest absolute Gasteiger partial charge is 0.481 e. The minimum atomic E-state index is -0.845. The molecule has 1 aliphatic heterocycles. The van der Waals surface area contributed by atoms with Crippen LogP contribution in [-0.4, -0.2) is 30.1 Å². The van der Waals surface area contributed by atoms with E-state index in [-0.39, 0.29) is 18.8 Å². The number of hydrogen-bond donors (Lipinski definition) is 1. The van der Waals surface area contributed by atoms with E-state index in [0.29, 0.717) is 6.61 Å². The minimum absolute atomic E-state index is 0.0321. The molecule has 0 saturated carbocycles. The van der Waals surface area contributed by atoms with Crippen molar-refractivity contribution in [3.8, 4) is 0 Å². The van der Waals surface area contributed by atoms with Crippen LogP contribution >= 0.6 is 0 Å². The monoisotopic (exact) mass is 146 g/mol. The SMILES string of the molecule is CC1OCC(CC(=O)O)O1. The summed E-state index contributed by atoms with van der Waals surface area (Å²) in [7, 11) is 0. The van der Waals surface area contributed by atoms with Crippen LogP contribution in [0, 0.1) is 0 Å². The highest BCUT2D eigenvalue weighted by Crippen LogP contribution is 2.12. The van der Waals surface area contributed by atoms with E-state index < -0.39 is 5.97 Å². The first kappa shape index (κ1) is 7.50. The van der Waals surface area contributed by atoms with Gasteiger partial charge in [0, 0.05) is 0 Å². The Balaban J connectivity index is 2.24. The van der Waals surface area contributed by atoms with Crippen molar-refractivity contribution in [1.82, 2.24) is 0 Å². The third kappa shape index (κ3) is 1.97. The van der Waals surface area contributed by atoms with Crippen molar-refractivity contribution in [3.63, 3.8) is 0 Å². The van der Waals surface area contributed by atoms with E-state index in [0.717, 1.165) is 0 Å². The van der Waals surface area contributed by atoms with Gasteiger partial charge in [-0.1, -0.05) is 0 Å². The van der Waals surface area contributed by atoms with E-state index in [2.05, 4.69) is 0 Å². The molecule has 4 nitrogen and oxygen atoms in total. The van der Waals surface area contributed by atoms with E-state index in [9.17, 15) is 4.79 Å². The molecule has 1 aliphatic rings. The molecule has 1 heterocycles. The summed E-state index contributed by atoms with van der Waals surface area (Å²) in [6.45, 7) is 2.15. The maximum atomic E-state index is 10.1. The fourth-order valence-corrected chi connectivity index (χ4v) is 0.894. The summed E-state index contributed by atoms with van der Waals surface area (Å²) in [5.41, 5.74) is 0. The Labute approximate surface area is 58.7 Å². The van der Waals surface area contributed by atoms with Gasteiger partial charge in [0.25, 0.3) is 0 Å². The molecule has 58 valence electrons. The molecule has 0 radical (unpaired) electrons. The second-order valence-corrected chi connectivity index (χ2v) is 2.26. The van der Waals surface area contributed by atoms with Gasteiger partial charge in [0.1, 0.15) is 0 Å². The molecular formula is C6H10O4. The van der Waals surface area contributed by atoms with Crippen LogP contribution in [0.5, 0.6) is 0 Å². The number of rotatable bonds is 2. The maximum absolute atomic E-state index is 10.1. The van der Waals surface area contributed by atoms with E-state index in [1.807, 2.05) is 0 Å². The summed E-state index contributed by atoms with van der Waals surface area (Å²) in [5.74, 6) is -0.845. The highest BCUT2D eigenvalue weighted by Gasteiger charge is 2.24. The molecule has 10 heavy (non-hydrogen) atoms. The van der Waals surface area contributed by atoms with Crippen LogP contribution in [0.2, 0.25) is 0 Å². The first-order valence-corrected chi connectivity index (χ1v) is 3.17. The van der Waals surface area contributed by atoms with Crippen molar-refractivity contribution in [2.45, 2.75) is 25.7 Å². The van der Waals surface area contributed by atoms with Gasteiger partial charge in [0.05, 0.1) is 19.1 Å². The predicted molar refractivity (Wildman–Crippen MR) is 32.5 cm³/mol. The molecular weight excluding hydrogens is 136 g/mol. The minimum Gasteiger partial charge on any atom is -0.481 e.